The number of hydrogen-bond donors (Lipinski definition) is 1. The Hall–Kier alpha value is -3.24. The number of nitriles is 1. The molecule has 0 saturated heterocycles. The highest BCUT2D eigenvalue weighted by atomic mass is 32.1. The number of thiophene rings is 1. The molecule has 3 aromatic heterocycles. The standard InChI is InChI=1S/C17H12N6S/c1-10-3-2-4-11(5-10)14-6-13-15(24-14)17(21-9-20-13)23-16(19)12(7-18)8-22-23/h2-6,8-9H,19H2,1H3. The van der Waals surface area contributed by atoms with Gasteiger partial charge in [0.15, 0.2) is 5.82 Å². The summed E-state index contributed by atoms with van der Waals surface area (Å²) < 4.78 is 2.37. The highest BCUT2D eigenvalue weighted by Crippen LogP contribution is 2.35. The summed E-state index contributed by atoms with van der Waals surface area (Å²) in [7, 11) is 0. The quantitative estimate of drug-likeness (QED) is 0.608. The number of benzene rings is 1. The fraction of sp³-hybridized carbons (Fsp3) is 0.0588. The van der Waals surface area contributed by atoms with Crippen LogP contribution < -0.4 is 5.73 Å². The van der Waals surface area contributed by atoms with E-state index in [-0.39, 0.29) is 5.82 Å². The number of aromatic nitrogens is 4. The second-order valence-electron chi connectivity index (χ2n) is 5.36. The SMILES string of the molecule is Cc1cccc(-c2cc3ncnc(-n4ncc(C#N)c4N)c3s2)c1. The Kier molecular flexibility index (Phi) is 3.25. The zero-order valence-corrected chi connectivity index (χ0v) is 13.6. The average Bonchev–Trinajstić information content (AvgIpc) is 3.18. The fourth-order valence-electron chi connectivity index (χ4n) is 2.55. The minimum Gasteiger partial charge on any atom is -0.382 e. The van der Waals surface area contributed by atoms with Crippen LogP contribution in [0, 0.1) is 18.3 Å². The lowest BCUT2D eigenvalue weighted by molar-refractivity contribution is 0.863. The lowest BCUT2D eigenvalue weighted by atomic mass is 10.1. The van der Waals surface area contributed by atoms with Gasteiger partial charge in [-0.3, -0.25) is 0 Å². The van der Waals surface area contributed by atoms with Crippen LogP contribution in [0.2, 0.25) is 0 Å². The van der Waals surface area contributed by atoms with Gasteiger partial charge < -0.3 is 5.73 Å². The Morgan fingerprint density at radius 1 is 1.25 bits per heavy atom. The first-order valence-corrected chi connectivity index (χ1v) is 8.04. The van der Waals surface area contributed by atoms with Gasteiger partial charge in [0, 0.05) is 4.88 Å². The van der Waals surface area contributed by atoms with Crippen LogP contribution in [0.1, 0.15) is 11.1 Å². The molecule has 116 valence electrons. The van der Waals surface area contributed by atoms with E-state index in [1.165, 1.54) is 22.8 Å². The van der Waals surface area contributed by atoms with Gasteiger partial charge in [-0.1, -0.05) is 29.8 Å². The molecule has 7 heteroatoms. The summed E-state index contributed by atoms with van der Waals surface area (Å²) in [6.07, 6.45) is 2.93. The van der Waals surface area contributed by atoms with Gasteiger partial charge in [0.05, 0.1) is 16.4 Å². The number of hydrogen-bond acceptors (Lipinski definition) is 6. The van der Waals surface area contributed by atoms with E-state index in [0.29, 0.717) is 11.4 Å². The molecule has 0 aliphatic carbocycles. The van der Waals surface area contributed by atoms with E-state index in [4.69, 9.17) is 11.0 Å². The molecule has 0 amide bonds. The molecule has 0 bridgehead atoms. The zero-order chi connectivity index (χ0) is 16.7. The Balaban J connectivity index is 1.92. The van der Waals surface area contributed by atoms with Gasteiger partial charge in [-0.05, 0) is 18.6 Å². The molecule has 0 saturated carbocycles. The smallest absolute Gasteiger partial charge is 0.176 e. The number of fused-ring (bicyclic) bond motifs is 1. The predicted octanol–water partition coefficient (Wildman–Crippen LogP) is 3.31. The van der Waals surface area contributed by atoms with Crippen molar-refractivity contribution >= 4 is 27.4 Å². The summed E-state index contributed by atoms with van der Waals surface area (Å²) in [6.45, 7) is 2.07. The van der Waals surface area contributed by atoms with Crippen LogP contribution in [0.15, 0.2) is 42.9 Å². The number of anilines is 1. The molecular formula is C17H12N6S. The lowest BCUT2D eigenvalue weighted by Gasteiger charge is -2.03. The van der Waals surface area contributed by atoms with Crippen LogP contribution in [0.5, 0.6) is 0 Å². The van der Waals surface area contributed by atoms with Crippen molar-refractivity contribution < 1.29 is 0 Å². The summed E-state index contributed by atoms with van der Waals surface area (Å²) in [5.74, 6) is 0.867. The summed E-state index contributed by atoms with van der Waals surface area (Å²) in [6, 6.07) is 12.4. The predicted molar refractivity (Wildman–Crippen MR) is 93.8 cm³/mol. The van der Waals surface area contributed by atoms with Crippen LogP contribution in [0.25, 0.3) is 26.5 Å². The summed E-state index contributed by atoms with van der Waals surface area (Å²) >= 11 is 1.58. The third-order valence-corrected chi connectivity index (χ3v) is 4.89. The Morgan fingerprint density at radius 2 is 2.12 bits per heavy atom. The van der Waals surface area contributed by atoms with Crippen molar-refractivity contribution in [3.63, 3.8) is 0 Å². The highest BCUT2D eigenvalue weighted by Gasteiger charge is 2.16. The molecule has 0 radical (unpaired) electrons. The minimum atomic E-state index is 0.281. The molecular weight excluding hydrogens is 320 g/mol. The van der Waals surface area contributed by atoms with Crippen LogP contribution in [0.3, 0.4) is 0 Å². The number of aryl methyl sites for hydroxylation is 1. The van der Waals surface area contributed by atoms with Crippen molar-refractivity contribution in [3.05, 3.63) is 54.0 Å². The molecule has 0 spiro atoms. The number of nitrogens with two attached hydrogens (primary N) is 1. The van der Waals surface area contributed by atoms with Crippen LogP contribution in [-0.4, -0.2) is 19.7 Å². The molecule has 3 heterocycles. The van der Waals surface area contributed by atoms with Gasteiger partial charge in [-0.15, -0.1) is 11.3 Å². The summed E-state index contributed by atoms with van der Waals surface area (Å²) in [5, 5.41) is 13.2. The Morgan fingerprint density at radius 3 is 2.88 bits per heavy atom. The first-order valence-electron chi connectivity index (χ1n) is 7.23. The van der Waals surface area contributed by atoms with Crippen molar-refractivity contribution in [2.24, 2.45) is 0 Å². The third-order valence-electron chi connectivity index (χ3n) is 3.72. The molecule has 6 nitrogen and oxygen atoms in total. The van der Waals surface area contributed by atoms with Crippen molar-refractivity contribution in [1.82, 2.24) is 19.7 Å². The number of nitrogens with zero attached hydrogens (tertiary/aromatic N) is 5. The first kappa shape index (κ1) is 14.4. The first-order chi connectivity index (χ1) is 11.7. The van der Waals surface area contributed by atoms with E-state index in [1.807, 2.05) is 18.2 Å². The van der Waals surface area contributed by atoms with Crippen molar-refractivity contribution in [2.45, 2.75) is 6.92 Å². The second kappa shape index (κ2) is 5.44. The van der Waals surface area contributed by atoms with Crippen molar-refractivity contribution in [1.29, 1.82) is 5.26 Å². The maximum Gasteiger partial charge on any atom is 0.176 e. The van der Waals surface area contributed by atoms with Crippen LogP contribution >= 0.6 is 11.3 Å². The molecule has 0 aliphatic heterocycles. The molecule has 2 N–H and O–H groups in total. The monoisotopic (exact) mass is 332 g/mol. The van der Waals surface area contributed by atoms with E-state index in [2.05, 4.69) is 40.2 Å². The minimum absolute atomic E-state index is 0.281. The summed E-state index contributed by atoms with van der Waals surface area (Å²) in [4.78, 5) is 9.76. The Bertz CT molecular complexity index is 1100. The van der Waals surface area contributed by atoms with E-state index in [9.17, 15) is 0 Å². The lowest BCUT2D eigenvalue weighted by Crippen LogP contribution is -2.05. The third kappa shape index (κ3) is 2.21. The Labute approximate surface area is 141 Å². The zero-order valence-electron chi connectivity index (χ0n) is 12.8. The maximum absolute atomic E-state index is 9.06. The molecule has 1 aromatic carbocycles. The van der Waals surface area contributed by atoms with Gasteiger partial charge in [0.1, 0.15) is 23.8 Å². The van der Waals surface area contributed by atoms with E-state index in [1.54, 1.807) is 11.3 Å². The van der Waals surface area contributed by atoms with Crippen LogP contribution in [-0.2, 0) is 0 Å². The normalized spacial score (nSPS) is 10.8. The van der Waals surface area contributed by atoms with Crippen molar-refractivity contribution in [2.75, 3.05) is 5.73 Å². The topological polar surface area (TPSA) is 93.4 Å². The van der Waals surface area contributed by atoms with Gasteiger partial charge in [-0.25, -0.2) is 9.97 Å². The second-order valence-corrected chi connectivity index (χ2v) is 6.41. The average molecular weight is 332 g/mol. The molecule has 4 rings (SSSR count). The molecule has 0 atom stereocenters. The van der Waals surface area contributed by atoms with Gasteiger partial charge in [0.25, 0.3) is 0 Å². The van der Waals surface area contributed by atoms with E-state index >= 15 is 0 Å². The largest absolute Gasteiger partial charge is 0.382 e. The van der Waals surface area contributed by atoms with Crippen LogP contribution in [0.4, 0.5) is 5.82 Å². The van der Waals surface area contributed by atoms with Gasteiger partial charge in [-0.2, -0.15) is 15.0 Å². The van der Waals surface area contributed by atoms with Gasteiger partial charge in [0.2, 0.25) is 0 Å². The molecule has 4 aromatic rings. The molecule has 0 unspecified atom stereocenters. The van der Waals surface area contributed by atoms with E-state index in [0.717, 1.165) is 20.7 Å². The van der Waals surface area contributed by atoms with Gasteiger partial charge >= 0.3 is 0 Å². The molecule has 0 aliphatic rings. The fourth-order valence-corrected chi connectivity index (χ4v) is 3.63. The van der Waals surface area contributed by atoms with Crippen molar-refractivity contribution in [3.8, 4) is 22.3 Å². The number of nitrogen functional groups attached to an aromatic ring is 1. The highest BCUT2D eigenvalue weighted by molar-refractivity contribution is 7.22. The number of rotatable bonds is 2. The molecule has 24 heavy (non-hydrogen) atoms. The maximum atomic E-state index is 9.06. The van der Waals surface area contributed by atoms with E-state index < -0.39 is 0 Å². The summed E-state index contributed by atoms with van der Waals surface area (Å²) in [5.41, 5.74) is 9.49. The molecule has 0 fully saturated rings.